The predicted molar refractivity (Wildman–Crippen MR) is 180 cm³/mol. The fourth-order valence-corrected chi connectivity index (χ4v) is 5.96. The molecule has 5 aromatic rings. The maximum Gasteiger partial charge on any atom is 0.343 e. The summed E-state index contributed by atoms with van der Waals surface area (Å²) in [7, 11) is 7.99. The molecule has 0 saturated heterocycles. The number of pyridine rings is 1. The van der Waals surface area contributed by atoms with Gasteiger partial charge in [0.1, 0.15) is 28.6 Å². The van der Waals surface area contributed by atoms with Crippen LogP contribution in [-0.4, -0.2) is 54.9 Å². The summed E-state index contributed by atoms with van der Waals surface area (Å²) in [6.45, 7) is 2.11. The quantitative estimate of drug-likeness (QED) is 0.154. The molecule has 0 bridgehead atoms. The number of nitrogens with zero attached hydrogens (tertiary/aromatic N) is 2. The van der Waals surface area contributed by atoms with Gasteiger partial charge in [0.15, 0.2) is 6.29 Å². The summed E-state index contributed by atoms with van der Waals surface area (Å²) in [5.74, 6) is 0.865. The molecule has 0 spiro atoms. The number of carbonyl (C=O) groups excluding carboxylic acids is 1. The van der Waals surface area contributed by atoms with Gasteiger partial charge in [-0.1, -0.05) is 13.0 Å². The van der Waals surface area contributed by atoms with E-state index in [9.17, 15) is 19.5 Å². The topological polar surface area (TPSA) is 130 Å². The van der Waals surface area contributed by atoms with Gasteiger partial charge in [-0.15, -0.1) is 0 Å². The Morgan fingerprint density at radius 3 is 2.09 bits per heavy atom. The summed E-state index contributed by atoms with van der Waals surface area (Å²) in [5.41, 5.74) is 3.76. The Labute approximate surface area is 271 Å². The molecule has 47 heavy (non-hydrogen) atoms. The number of carboxylic acids is 1. The number of aromatic carboxylic acids is 1. The summed E-state index contributed by atoms with van der Waals surface area (Å²) in [6, 6.07) is 18.1. The second kappa shape index (κ2) is 13.7. The first-order chi connectivity index (χ1) is 22.7. The lowest BCUT2D eigenvalue weighted by atomic mass is 9.96. The number of rotatable bonds is 13. The average Bonchev–Trinajstić information content (AvgIpc) is 3.41. The number of methoxy groups -OCH3 is 4. The van der Waals surface area contributed by atoms with E-state index in [1.165, 1.54) is 11.7 Å². The van der Waals surface area contributed by atoms with E-state index in [4.69, 9.17) is 18.9 Å². The normalized spacial score (nSPS) is 10.9. The van der Waals surface area contributed by atoms with Gasteiger partial charge in [-0.2, -0.15) is 0 Å². The maximum atomic E-state index is 14.4. The zero-order valence-electron chi connectivity index (χ0n) is 27.2. The molecule has 0 saturated carbocycles. The molecule has 3 aromatic carbocycles. The molecule has 0 atom stereocenters. The third kappa shape index (κ3) is 6.11. The van der Waals surface area contributed by atoms with Crippen LogP contribution in [-0.2, 0) is 26.6 Å². The van der Waals surface area contributed by atoms with Crippen molar-refractivity contribution in [3.63, 3.8) is 0 Å². The molecule has 0 fully saturated rings. The fourth-order valence-electron chi connectivity index (χ4n) is 5.96. The Bertz CT molecular complexity index is 2040. The summed E-state index contributed by atoms with van der Waals surface area (Å²) in [5, 5.41) is 14.6. The van der Waals surface area contributed by atoms with Gasteiger partial charge in [-0.25, -0.2) is 4.79 Å². The van der Waals surface area contributed by atoms with Crippen LogP contribution in [0.3, 0.4) is 0 Å². The highest BCUT2D eigenvalue weighted by molar-refractivity contribution is 5.97. The first kappa shape index (κ1) is 32.7. The number of fused-ring (bicyclic) bond motifs is 1. The molecule has 0 amide bonds. The van der Waals surface area contributed by atoms with E-state index >= 15 is 0 Å². The number of nitrogens with one attached hydrogen (secondary N) is 1. The minimum Gasteiger partial charge on any atom is -0.497 e. The van der Waals surface area contributed by atoms with Crippen LogP contribution in [0.2, 0.25) is 0 Å². The van der Waals surface area contributed by atoms with Gasteiger partial charge >= 0.3 is 5.97 Å². The molecule has 5 rings (SSSR count). The lowest BCUT2D eigenvalue weighted by Gasteiger charge is -2.24. The Morgan fingerprint density at radius 1 is 0.872 bits per heavy atom. The number of hydrogen-bond acceptors (Lipinski definition) is 8. The summed E-state index contributed by atoms with van der Waals surface area (Å²) in [6.07, 6.45) is 1.18. The van der Waals surface area contributed by atoms with Crippen LogP contribution in [0, 0.1) is 0 Å². The van der Waals surface area contributed by atoms with Crippen molar-refractivity contribution in [2.45, 2.75) is 26.4 Å². The SMILES string of the molecule is CCc1c(NCc2ccc(OC)cc2OC)c(C(=O)O)c(=O)n(Cc2ccc(OC)cc2OC)c1-c1ccc2c(c1)cc(C=O)n2C. The van der Waals surface area contributed by atoms with E-state index in [1.54, 1.807) is 62.3 Å². The van der Waals surface area contributed by atoms with Crippen LogP contribution < -0.4 is 29.8 Å². The standard InChI is InChI=1S/C36H37N3O8/c1-7-28-33(37-18-22-8-11-26(44-3)16-30(22)46-5)32(36(42)43)35(41)39(19-23-9-12-27(45-4)17-31(23)47-6)34(28)21-10-13-29-24(14-21)15-25(20-40)38(29)2/h8-17,20,37H,7,18-19H2,1-6H3,(H,42,43). The molecule has 2 heterocycles. The van der Waals surface area contributed by atoms with Crippen molar-refractivity contribution < 1.29 is 33.6 Å². The Kier molecular flexibility index (Phi) is 9.55. The summed E-state index contributed by atoms with van der Waals surface area (Å²) < 4.78 is 25.2. The van der Waals surface area contributed by atoms with Crippen LogP contribution >= 0.6 is 0 Å². The summed E-state index contributed by atoms with van der Waals surface area (Å²) in [4.78, 5) is 39.0. The van der Waals surface area contributed by atoms with Gasteiger partial charge in [0, 0.05) is 53.3 Å². The fraction of sp³-hybridized carbons (Fsp3) is 0.250. The van der Waals surface area contributed by atoms with Crippen LogP contribution in [0.1, 0.15) is 44.5 Å². The highest BCUT2D eigenvalue weighted by atomic mass is 16.5. The molecule has 0 unspecified atom stereocenters. The van der Waals surface area contributed by atoms with Crippen LogP contribution in [0.25, 0.3) is 22.2 Å². The number of aryl methyl sites for hydroxylation is 1. The molecule has 11 heteroatoms. The second-order valence-electron chi connectivity index (χ2n) is 10.9. The third-order valence-electron chi connectivity index (χ3n) is 8.38. The number of carbonyl (C=O) groups is 2. The second-order valence-corrected chi connectivity index (χ2v) is 10.9. The van der Waals surface area contributed by atoms with Crippen molar-refractivity contribution in [1.29, 1.82) is 0 Å². The van der Waals surface area contributed by atoms with Crippen molar-refractivity contribution in [2.75, 3.05) is 33.8 Å². The average molecular weight is 640 g/mol. The minimum absolute atomic E-state index is 0.0214. The molecule has 0 aliphatic carbocycles. The van der Waals surface area contributed by atoms with E-state index in [1.807, 2.05) is 38.2 Å². The van der Waals surface area contributed by atoms with E-state index in [2.05, 4.69) is 5.32 Å². The molecular formula is C36H37N3O8. The first-order valence-electron chi connectivity index (χ1n) is 14.9. The van der Waals surface area contributed by atoms with Crippen molar-refractivity contribution in [3.05, 3.63) is 99.0 Å². The molecular weight excluding hydrogens is 602 g/mol. The van der Waals surface area contributed by atoms with Gasteiger partial charge in [-0.3, -0.25) is 9.59 Å². The van der Waals surface area contributed by atoms with Gasteiger partial charge in [0.2, 0.25) is 0 Å². The molecule has 11 nitrogen and oxygen atoms in total. The number of ether oxygens (including phenoxy) is 4. The zero-order valence-corrected chi connectivity index (χ0v) is 27.2. The molecule has 0 radical (unpaired) electrons. The largest absolute Gasteiger partial charge is 0.497 e. The van der Waals surface area contributed by atoms with Crippen LogP contribution in [0.5, 0.6) is 23.0 Å². The monoisotopic (exact) mass is 639 g/mol. The van der Waals surface area contributed by atoms with E-state index in [0.29, 0.717) is 57.5 Å². The maximum absolute atomic E-state index is 14.4. The van der Waals surface area contributed by atoms with Crippen LogP contribution in [0.4, 0.5) is 5.69 Å². The van der Waals surface area contributed by atoms with Crippen molar-refractivity contribution >= 4 is 28.8 Å². The Hall–Kier alpha value is -5.71. The number of benzene rings is 3. The molecule has 2 aromatic heterocycles. The number of aldehydes is 1. The van der Waals surface area contributed by atoms with Crippen molar-refractivity contribution in [2.24, 2.45) is 7.05 Å². The Balaban J connectivity index is 1.77. The Morgan fingerprint density at radius 2 is 1.51 bits per heavy atom. The predicted octanol–water partition coefficient (Wildman–Crippen LogP) is 5.77. The van der Waals surface area contributed by atoms with Gasteiger partial charge in [-0.05, 0) is 54.4 Å². The van der Waals surface area contributed by atoms with E-state index in [-0.39, 0.29) is 24.3 Å². The number of aromatic nitrogens is 2. The molecule has 2 N–H and O–H groups in total. The number of anilines is 1. The number of carboxylic acid groups (broad SMARTS) is 1. The van der Waals surface area contributed by atoms with Gasteiger partial charge in [0.05, 0.1) is 52.1 Å². The lowest BCUT2D eigenvalue weighted by Crippen LogP contribution is -2.31. The van der Waals surface area contributed by atoms with E-state index in [0.717, 1.165) is 22.8 Å². The minimum atomic E-state index is -1.36. The summed E-state index contributed by atoms with van der Waals surface area (Å²) >= 11 is 0. The van der Waals surface area contributed by atoms with Gasteiger partial charge < -0.3 is 38.5 Å². The molecule has 244 valence electrons. The highest BCUT2D eigenvalue weighted by Gasteiger charge is 2.27. The molecule has 0 aliphatic heterocycles. The van der Waals surface area contributed by atoms with Crippen LogP contribution in [0.15, 0.2) is 65.5 Å². The smallest absolute Gasteiger partial charge is 0.343 e. The third-order valence-corrected chi connectivity index (χ3v) is 8.38. The first-order valence-corrected chi connectivity index (χ1v) is 14.9. The van der Waals surface area contributed by atoms with E-state index < -0.39 is 11.5 Å². The number of hydrogen-bond donors (Lipinski definition) is 2. The van der Waals surface area contributed by atoms with Crippen molar-refractivity contribution in [1.82, 2.24) is 9.13 Å². The lowest BCUT2D eigenvalue weighted by molar-refractivity contribution is 0.0695. The zero-order chi connectivity index (χ0) is 33.8. The molecule has 0 aliphatic rings. The van der Waals surface area contributed by atoms with Crippen molar-refractivity contribution in [3.8, 4) is 34.3 Å². The highest BCUT2D eigenvalue weighted by Crippen LogP contribution is 2.36. The van der Waals surface area contributed by atoms with Gasteiger partial charge in [0.25, 0.3) is 5.56 Å².